The van der Waals surface area contributed by atoms with Crippen molar-refractivity contribution in [2.45, 2.75) is 18.9 Å². The van der Waals surface area contributed by atoms with Crippen LogP contribution in [-0.2, 0) is 0 Å². The number of nitrogens with zero attached hydrogens (tertiary/aromatic N) is 4. The lowest BCUT2D eigenvalue weighted by Gasteiger charge is -2.36. The molecular formula is C18H23N5O3. The molecule has 2 aliphatic heterocycles. The van der Waals surface area contributed by atoms with Crippen LogP contribution >= 0.6 is 0 Å². The molecule has 0 unspecified atom stereocenters. The molecular weight excluding hydrogens is 334 g/mol. The maximum Gasteiger partial charge on any atom is 0.317 e. The Morgan fingerprint density at radius 2 is 1.85 bits per heavy atom. The molecule has 26 heavy (non-hydrogen) atoms. The minimum absolute atomic E-state index is 0.0604. The van der Waals surface area contributed by atoms with Crippen LogP contribution in [0.4, 0.5) is 10.6 Å². The molecule has 2 amide bonds. The Bertz CT molecular complexity index is 820. The number of nitrogens with one attached hydrogen (secondary N) is 1. The second kappa shape index (κ2) is 6.86. The van der Waals surface area contributed by atoms with Crippen LogP contribution in [0, 0.1) is 0 Å². The smallest absolute Gasteiger partial charge is 0.317 e. The molecule has 1 N–H and O–H groups in total. The van der Waals surface area contributed by atoms with Crippen molar-refractivity contribution in [1.29, 1.82) is 0 Å². The summed E-state index contributed by atoms with van der Waals surface area (Å²) in [4.78, 5) is 16.1. The second-order valence-corrected chi connectivity index (χ2v) is 6.61. The first kappa shape index (κ1) is 16.7. The fourth-order valence-corrected chi connectivity index (χ4v) is 3.85. The summed E-state index contributed by atoms with van der Waals surface area (Å²) < 4.78 is 10.8. The van der Waals surface area contributed by atoms with Crippen molar-refractivity contribution in [3.8, 4) is 11.5 Å². The van der Waals surface area contributed by atoms with E-state index in [1.807, 2.05) is 17.0 Å². The third-order valence-corrected chi connectivity index (χ3v) is 5.24. The molecule has 138 valence electrons. The number of rotatable bonds is 4. The third-order valence-electron chi connectivity index (χ3n) is 5.24. The van der Waals surface area contributed by atoms with E-state index in [2.05, 4.69) is 20.4 Å². The highest BCUT2D eigenvalue weighted by Gasteiger charge is 2.31. The number of methoxy groups -OCH3 is 2. The molecule has 0 aliphatic carbocycles. The highest BCUT2D eigenvalue weighted by atomic mass is 16.5. The second-order valence-electron chi connectivity index (χ2n) is 6.61. The van der Waals surface area contributed by atoms with Crippen LogP contribution in [0.25, 0.3) is 10.8 Å². The molecule has 4 rings (SSSR count). The van der Waals surface area contributed by atoms with Crippen LogP contribution in [0.5, 0.6) is 11.5 Å². The zero-order chi connectivity index (χ0) is 18.1. The Morgan fingerprint density at radius 1 is 1.12 bits per heavy atom. The Labute approximate surface area is 152 Å². The van der Waals surface area contributed by atoms with Crippen LogP contribution in [0.1, 0.15) is 12.8 Å². The van der Waals surface area contributed by atoms with Crippen molar-refractivity contribution in [3.63, 3.8) is 0 Å². The first-order valence-corrected chi connectivity index (χ1v) is 8.88. The van der Waals surface area contributed by atoms with Gasteiger partial charge >= 0.3 is 6.03 Å². The number of aromatic nitrogens is 2. The van der Waals surface area contributed by atoms with E-state index in [1.54, 1.807) is 20.4 Å². The molecule has 0 spiro atoms. The number of hydrogen-bond acceptors (Lipinski definition) is 6. The molecule has 2 aromatic rings. The molecule has 0 saturated carbocycles. The largest absolute Gasteiger partial charge is 0.493 e. The van der Waals surface area contributed by atoms with E-state index in [9.17, 15) is 4.79 Å². The fraction of sp³-hybridized carbons (Fsp3) is 0.500. The molecule has 8 nitrogen and oxygen atoms in total. The van der Waals surface area contributed by atoms with Crippen LogP contribution in [0.15, 0.2) is 18.3 Å². The summed E-state index contributed by atoms with van der Waals surface area (Å²) in [6, 6.07) is 4.24. The minimum Gasteiger partial charge on any atom is -0.493 e. The van der Waals surface area contributed by atoms with Gasteiger partial charge in [-0.2, -0.15) is 5.10 Å². The number of ether oxygens (including phenoxy) is 2. The maximum absolute atomic E-state index is 11.9. The summed E-state index contributed by atoms with van der Waals surface area (Å²) in [5.41, 5.74) is 0. The number of fused-ring (bicyclic) bond motifs is 1. The van der Waals surface area contributed by atoms with Crippen molar-refractivity contribution in [3.05, 3.63) is 18.3 Å². The number of benzene rings is 1. The maximum atomic E-state index is 11.9. The van der Waals surface area contributed by atoms with E-state index in [0.29, 0.717) is 17.5 Å². The molecule has 2 saturated heterocycles. The zero-order valence-electron chi connectivity index (χ0n) is 15.1. The highest BCUT2D eigenvalue weighted by Crippen LogP contribution is 2.36. The van der Waals surface area contributed by atoms with E-state index in [-0.39, 0.29) is 6.03 Å². The lowest BCUT2D eigenvalue weighted by Crippen LogP contribution is -2.46. The standard InChI is InChI=1S/C18H23N5O3/c1-25-15-9-12-11-20-21-17(14(12)10-16(15)26-2)22-6-3-13(4-7-22)23-8-5-19-18(23)24/h9-11,13H,3-8H2,1-2H3,(H,19,24). The van der Waals surface area contributed by atoms with Gasteiger partial charge in [0, 0.05) is 43.0 Å². The normalized spacial score (nSPS) is 18.3. The number of anilines is 1. The molecule has 2 aliphatic rings. The van der Waals surface area contributed by atoms with Gasteiger partial charge in [-0.05, 0) is 25.0 Å². The van der Waals surface area contributed by atoms with Gasteiger partial charge in [0.1, 0.15) is 0 Å². The first-order chi connectivity index (χ1) is 12.7. The first-order valence-electron chi connectivity index (χ1n) is 8.88. The topological polar surface area (TPSA) is 79.8 Å². The number of amides is 2. The molecule has 0 radical (unpaired) electrons. The van der Waals surface area contributed by atoms with Crippen LogP contribution in [0.2, 0.25) is 0 Å². The van der Waals surface area contributed by atoms with E-state index in [4.69, 9.17) is 9.47 Å². The quantitative estimate of drug-likeness (QED) is 0.896. The van der Waals surface area contributed by atoms with Crippen molar-refractivity contribution in [1.82, 2.24) is 20.4 Å². The van der Waals surface area contributed by atoms with Crippen molar-refractivity contribution >= 4 is 22.6 Å². The van der Waals surface area contributed by atoms with Gasteiger partial charge in [0.25, 0.3) is 0 Å². The molecule has 2 fully saturated rings. The number of carbonyl (C=O) groups is 1. The van der Waals surface area contributed by atoms with E-state index in [1.165, 1.54) is 0 Å². The summed E-state index contributed by atoms with van der Waals surface area (Å²) in [7, 11) is 3.25. The van der Waals surface area contributed by atoms with Gasteiger partial charge in [0.15, 0.2) is 17.3 Å². The Hall–Kier alpha value is -2.77. The minimum atomic E-state index is 0.0604. The molecule has 0 atom stereocenters. The fourth-order valence-electron chi connectivity index (χ4n) is 3.85. The number of urea groups is 1. The van der Waals surface area contributed by atoms with Crippen LogP contribution in [0.3, 0.4) is 0 Å². The molecule has 8 heteroatoms. The molecule has 1 aromatic heterocycles. The van der Waals surface area contributed by atoms with Gasteiger partial charge in [-0.1, -0.05) is 0 Å². The summed E-state index contributed by atoms with van der Waals surface area (Å²) in [5.74, 6) is 2.21. The number of piperidine rings is 1. The van der Waals surface area contributed by atoms with Gasteiger partial charge in [-0.3, -0.25) is 0 Å². The molecule has 1 aromatic carbocycles. The van der Waals surface area contributed by atoms with Gasteiger partial charge in [-0.15, -0.1) is 5.10 Å². The van der Waals surface area contributed by atoms with Gasteiger partial charge < -0.3 is 24.6 Å². The van der Waals surface area contributed by atoms with Crippen LogP contribution in [-0.4, -0.2) is 67.6 Å². The average Bonchev–Trinajstić information content (AvgIpc) is 3.12. The zero-order valence-corrected chi connectivity index (χ0v) is 15.1. The summed E-state index contributed by atoms with van der Waals surface area (Å²) >= 11 is 0. The van der Waals surface area contributed by atoms with Gasteiger partial charge in [-0.25, -0.2) is 4.79 Å². The average molecular weight is 357 g/mol. The molecule has 3 heterocycles. The van der Waals surface area contributed by atoms with Crippen molar-refractivity contribution in [2.24, 2.45) is 0 Å². The SMILES string of the molecule is COc1cc2cnnc(N3CCC(N4CCNC4=O)CC3)c2cc1OC. The molecule has 0 bridgehead atoms. The lowest BCUT2D eigenvalue weighted by atomic mass is 10.0. The summed E-state index contributed by atoms with van der Waals surface area (Å²) in [6.45, 7) is 3.23. The Kier molecular flexibility index (Phi) is 4.40. The Balaban J connectivity index is 1.58. The van der Waals surface area contributed by atoms with Crippen molar-refractivity contribution in [2.75, 3.05) is 45.3 Å². The Morgan fingerprint density at radius 3 is 2.50 bits per heavy atom. The monoisotopic (exact) mass is 357 g/mol. The van der Waals surface area contributed by atoms with Gasteiger partial charge in [0.05, 0.1) is 20.4 Å². The predicted molar refractivity (Wildman–Crippen MR) is 98.0 cm³/mol. The highest BCUT2D eigenvalue weighted by molar-refractivity contribution is 5.94. The van der Waals surface area contributed by atoms with E-state index in [0.717, 1.165) is 55.6 Å². The summed E-state index contributed by atoms with van der Waals surface area (Å²) in [5, 5.41) is 13.4. The predicted octanol–water partition coefficient (Wildman–Crippen LogP) is 1.64. The summed E-state index contributed by atoms with van der Waals surface area (Å²) in [6.07, 6.45) is 3.60. The number of carbonyl (C=O) groups excluding carboxylic acids is 1. The van der Waals surface area contributed by atoms with E-state index >= 15 is 0 Å². The van der Waals surface area contributed by atoms with Crippen molar-refractivity contribution < 1.29 is 14.3 Å². The van der Waals surface area contributed by atoms with Crippen LogP contribution < -0.4 is 19.7 Å². The number of hydrogen-bond donors (Lipinski definition) is 1. The third kappa shape index (κ3) is 2.85. The lowest BCUT2D eigenvalue weighted by molar-refractivity contribution is 0.186. The van der Waals surface area contributed by atoms with Gasteiger partial charge in [0.2, 0.25) is 0 Å². The van der Waals surface area contributed by atoms with E-state index < -0.39 is 0 Å².